The van der Waals surface area contributed by atoms with Crippen LogP contribution in [0.4, 0.5) is 5.69 Å². The van der Waals surface area contributed by atoms with Crippen molar-refractivity contribution in [1.82, 2.24) is 0 Å². The largest absolute Gasteiger partial charge is 0.282 e. The van der Waals surface area contributed by atoms with Gasteiger partial charge < -0.3 is 0 Å². The van der Waals surface area contributed by atoms with Crippen molar-refractivity contribution < 1.29 is 16.8 Å². The molecule has 102 valence electrons. The molecule has 1 aromatic rings. The van der Waals surface area contributed by atoms with Gasteiger partial charge in [-0.3, -0.25) is 4.72 Å². The fourth-order valence-corrected chi connectivity index (χ4v) is 4.76. The van der Waals surface area contributed by atoms with Gasteiger partial charge in [0.2, 0.25) is 10.0 Å². The summed E-state index contributed by atoms with van der Waals surface area (Å²) in [4.78, 5) is 0. The molecule has 0 radical (unpaired) electrons. The molecule has 1 N–H and O–H groups in total. The molecular weight excluding hydrogens is 457 g/mol. The van der Waals surface area contributed by atoms with Gasteiger partial charge in [-0.05, 0) is 40.8 Å². The molecule has 0 amide bonds. The lowest BCUT2D eigenvalue weighted by molar-refractivity contribution is 0.593. The first kappa shape index (κ1) is 16.2. The normalized spacial score (nSPS) is 12.4. The average Bonchev–Trinajstić information content (AvgIpc) is 2.20. The summed E-state index contributed by atoms with van der Waals surface area (Å²) in [6, 6.07) is 5.16. The number of halogens is 2. The van der Waals surface area contributed by atoms with Gasteiger partial charge in [-0.1, -0.05) is 15.9 Å². The molecule has 0 saturated heterocycles. The summed E-state index contributed by atoms with van der Waals surface area (Å²) >= 11 is 5.24. The number of sulfone groups is 1. The second kappa shape index (κ2) is 6.06. The highest BCUT2D eigenvalue weighted by atomic mass is 127. The van der Waals surface area contributed by atoms with Crippen LogP contribution in [0.1, 0.15) is 0 Å². The Morgan fingerprint density at radius 3 is 2.39 bits per heavy atom. The van der Waals surface area contributed by atoms with Gasteiger partial charge in [-0.2, -0.15) is 0 Å². The van der Waals surface area contributed by atoms with Crippen molar-refractivity contribution in [2.24, 2.45) is 0 Å². The number of benzene rings is 1. The van der Waals surface area contributed by atoms with Crippen LogP contribution in [-0.4, -0.2) is 34.6 Å². The third-order valence-electron chi connectivity index (χ3n) is 1.92. The summed E-state index contributed by atoms with van der Waals surface area (Å²) in [6.45, 7) is 0. The van der Waals surface area contributed by atoms with E-state index in [0.29, 0.717) is 5.69 Å². The molecule has 0 heterocycles. The number of hydrogen-bond donors (Lipinski definition) is 1. The van der Waals surface area contributed by atoms with Gasteiger partial charge in [0.15, 0.2) is 0 Å². The molecule has 0 atom stereocenters. The lowest BCUT2D eigenvalue weighted by Crippen LogP contribution is -2.22. The number of anilines is 1. The van der Waals surface area contributed by atoms with Gasteiger partial charge in [0, 0.05) is 14.3 Å². The minimum absolute atomic E-state index is 0.396. The highest BCUT2D eigenvalue weighted by Crippen LogP contribution is 2.23. The molecule has 5 nitrogen and oxygen atoms in total. The molecule has 0 aliphatic rings. The summed E-state index contributed by atoms with van der Waals surface area (Å²) in [6.07, 6.45) is 1.01. The van der Waals surface area contributed by atoms with E-state index in [2.05, 4.69) is 20.7 Å². The van der Waals surface area contributed by atoms with Crippen LogP contribution < -0.4 is 4.72 Å². The molecule has 0 saturated carbocycles. The first-order valence-corrected chi connectivity index (χ1v) is 10.3. The van der Waals surface area contributed by atoms with Crippen LogP contribution in [-0.2, 0) is 19.9 Å². The fourth-order valence-electron chi connectivity index (χ4n) is 1.06. The van der Waals surface area contributed by atoms with E-state index >= 15 is 0 Å². The Balaban J connectivity index is 2.86. The zero-order chi connectivity index (χ0) is 14.0. The van der Waals surface area contributed by atoms with Crippen LogP contribution in [0, 0.1) is 3.57 Å². The Kier molecular flexibility index (Phi) is 5.44. The van der Waals surface area contributed by atoms with Gasteiger partial charge >= 0.3 is 0 Å². The summed E-state index contributed by atoms with van der Waals surface area (Å²) in [5.41, 5.74) is 0.429. The van der Waals surface area contributed by atoms with Crippen LogP contribution in [0.2, 0.25) is 0 Å². The van der Waals surface area contributed by atoms with Crippen molar-refractivity contribution in [2.45, 2.75) is 0 Å². The zero-order valence-corrected chi connectivity index (χ0v) is 14.7. The van der Waals surface area contributed by atoms with Crippen LogP contribution in [0.3, 0.4) is 0 Å². The van der Waals surface area contributed by atoms with Crippen molar-refractivity contribution in [3.05, 3.63) is 26.2 Å². The van der Waals surface area contributed by atoms with Crippen LogP contribution in [0.15, 0.2) is 22.7 Å². The Bertz CT molecular complexity index is 643. The van der Waals surface area contributed by atoms with E-state index in [1.165, 1.54) is 0 Å². The second-order valence-electron chi connectivity index (χ2n) is 3.67. The Morgan fingerprint density at radius 1 is 1.22 bits per heavy atom. The molecule has 18 heavy (non-hydrogen) atoms. The van der Waals surface area contributed by atoms with E-state index in [1.807, 2.05) is 22.6 Å². The van der Waals surface area contributed by atoms with Gasteiger partial charge in [-0.25, -0.2) is 16.8 Å². The zero-order valence-electron chi connectivity index (χ0n) is 9.35. The maximum absolute atomic E-state index is 11.7. The second-order valence-corrected chi connectivity index (χ2v) is 9.85. The molecule has 0 unspecified atom stereocenters. The topological polar surface area (TPSA) is 80.3 Å². The molecule has 0 aliphatic carbocycles. The summed E-state index contributed by atoms with van der Waals surface area (Å²) in [5.74, 6) is -0.846. The minimum Gasteiger partial charge on any atom is -0.282 e. The van der Waals surface area contributed by atoms with E-state index in [0.717, 1.165) is 14.3 Å². The van der Waals surface area contributed by atoms with Crippen molar-refractivity contribution >= 4 is 64.1 Å². The summed E-state index contributed by atoms with van der Waals surface area (Å²) in [7, 11) is -6.96. The SMILES string of the molecule is CS(=O)(=O)CCS(=O)(=O)Nc1cc(Br)ccc1I. The smallest absolute Gasteiger partial charge is 0.233 e. The molecule has 1 rings (SSSR count). The lowest BCUT2D eigenvalue weighted by Gasteiger charge is -2.09. The minimum atomic E-state index is -3.66. The van der Waals surface area contributed by atoms with Crippen LogP contribution in [0.5, 0.6) is 0 Å². The van der Waals surface area contributed by atoms with Gasteiger partial charge in [-0.15, -0.1) is 0 Å². The molecular formula is C9H11BrINO4S2. The Hall–Kier alpha value is 0.130. The third kappa shape index (κ3) is 5.85. The van der Waals surface area contributed by atoms with E-state index in [1.54, 1.807) is 18.2 Å². The molecule has 0 fully saturated rings. The number of nitrogens with one attached hydrogen (secondary N) is 1. The van der Waals surface area contributed by atoms with Crippen molar-refractivity contribution in [3.63, 3.8) is 0 Å². The molecule has 1 aromatic carbocycles. The lowest BCUT2D eigenvalue weighted by atomic mass is 10.3. The van der Waals surface area contributed by atoms with E-state index in [-0.39, 0.29) is 0 Å². The average molecular weight is 468 g/mol. The predicted molar refractivity (Wildman–Crippen MR) is 84.0 cm³/mol. The highest BCUT2D eigenvalue weighted by Gasteiger charge is 2.15. The molecule has 0 spiro atoms. The third-order valence-corrected chi connectivity index (χ3v) is 5.83. The van der Waals surface area contributed by atoms with Crippen molar-refractivity contribution in [3.8, 4) is 0 Å². The number of sulfonamides is 1. The molecule has 9 heteroatoms. The fraction of sp³-hybridized carbons (Fsp3) is 0.333. The standard InChI is InChI=1S/C9H11BrINO4S2/c1-17(13,14)4-5-18(15,16)12-9-6-7(10)2-3-8(9)11/h2-3,6,12H,4-5H2,1H3. The van der Waals surface area contributed by atoms with Gasteiger partial charge in [0.1, 0.15) is 9.84 Å². The Labute approximate surface area is 129 Å². The van der Waals surface area contributed by atoms with Crippen molar-refractivity contribution in [1.29, 1.82) is 0 Å². The van der Waals surface area contributed by atoms with Crippen LogP contribution in [0.25, 0.3) is 0 Å². The number of hydrogen-bond acceptors (Lipinski definition) is 4. The first-order valence-electron chi connectivity index (χ1n) is 4.72. The monoisotopic (exact) mass is 467 g/mol. The van der Waals surface area contributed by atoms with Crippen molar-refractivity contribution in [2.75, 3.05) is 22.5 Å². The highest BCUT2D eigenvalue weighted by molar-refractivity contribution is 14.1. The van der Waals surface area contributed by atoms with E-state index in [9.17, 15) is 16.8 Å². The van der Waals surface area contributed by atoms with Crippen LogP contribution >= 0.6 is 38.5 Å². The van der Waals surface area contributed by atoms with E-state index in [4.69, 9.17) is 0 Å². The maximum Gasteiger partial charge on any atom is 0.233 e. The van der Waals surface area contributed by atoms with Gasteiger partial charge in [0.25, 0.3) is 0 Å². The predicted octanol–water partition coefficient (Wildman–Crippen LogP) is 1.84. The van der Waals surface area contributed by atoms with E-state index < -0.39 is 31.4 Å². The molecule has 0 aromatic heterocycles. The summed E-state index contributed by atoms with van der Waals surface area (Å²) in [5, 5.41) is 0. The number of rotatable bonds is 5. The Morgan fingerprint density at radius 2 is 1.83 bits per heavy atom. The maximum atomic E-state index is 11.7. The quantitative estimate of drug-likeness (QED) is 0.670. The summed E-state index contributed by atoms with van der Waals surface area (Å²) < 4.78 is 49.2. The molecule has 0 bridgehead atoms. The molecule has 0 aliphatic heterocycles. The first-order chi connectivity index (χ1) is 8.09. The van der Waals surface area contributed by atoms with Gasteiger partial charge in [0.05, 0.1) is 17.2 Å².